The number of carbonyl (C=O) groups is 2. The van der Waals surface area contributed by atoms with Crippen LogP contribution >= 0.6 is 0 Å². The fourth-order valence-corrected chi connectivity index (χ4v) is 3.67. The van der Waals surface area contributed by atoms with Crippen LogP contribution in [0.4, 0.5) is 5.69 Å². The fourth-order valence-electron chi connectivity index (χ4n) is 3.67. The van der Waals surface area contributed by atoms with Crippen molar-refractivity contribution in [3.63, 3.8) is 0 Å². The number of hydrogen-bond donors (Lipinski definition) is 2. The molecule has 7 nitrogen and oxygen atoms in total. The summed E-state index contributed by atoms with van der Waals surface area (Å²) in [5, 5.41) is 10.00. The van der Waals surface area contributed by atoms with Crippen molar-refractivity contribution < 1.29 is 9.59 Å². The summed E-state index contributed by atoms with van der Waals surface area (Å²) in [6.07, 6.45) is 8.20. The molecule has 1 saturated carbocycles. The predicted octanol–water partition coefficient (Wildman–Crippen LogP) is 3.42. The standard InChI is InChI=1S/C23H30N4O3/c1-17-9-11-19(12-10-17)25-23(30)20-13-14-22(29)27(26-20)16-15-21(28)24-18-7-5-3-2-4-6-8-18/h9-14,18H,2-8,15-16H2,1H3,(H,24,28)(H,25,30). The minimum atomic E-state index is -0.397. The highest BCUT2D eigenvalue weighted by Crippen LogP contribution is 2.17. The highest BCUT2D eigenvalue weighted by Gasteiger charge is 2.15. The van der Waals surface area contributed by atoms with E-state index in [9.17, 15) is 14.4 Å². The number of aromatic nitrogens is 2. The van der Waals surface area contributed by atoms with E-state index in [1.54, 1.807) is 0 Å². The van der Waals surface area contributed by atoms with Crippen molar-refractivity contribution in [2.24, 2.45) is 0 Å². The van der Waals surface area contributed by atoms with Crippen molar-refractivity contribution >= 4 is 17.5 Å². The van der Waals surface area contributed by atoms with Gasteiger partial charge in [-0.25, -0.2) is 4.68 Å². The smallest absolute Gasteiger partial charge is 0.276 e. The summed E-state index contributed by atoms with van der Waals surface area (Å²) >= 11 is 0. The third-order valence-corrected chi connectivity index (χ3v) is 5.43. The van der Waals surface area contributed by atoms with E-state index in [-0.39, 0.29) is 36.2 Å². The number of nitrogens with one attached hydrogen (secondary N) is 2. The first-order valence-corrected chi connectivity index (χ1v) is 10.8. The lowest BCUT2D eigenvalue weighted by Crippen LogP contribution is -2.36. The summed E-state index contributed by atoms with van der Waals surface area (Å²) in [7, 11) is 0. The minimum Gasteiger partial charge on any atom is -0.353 e. The second-order valence-corrected chi connectivity index (χ2v) is 7.96. The molecule has 0 bridgehead atoms. The molecule has 160 valence electrons. The van der Waals surface area contributed by atoms with Crippen molar-refractivity contribution in [2.75, 3.05) is 5.32 Å². The van der Waals surface area contributed by atoms with Gasteiger partial charge < -0.3 is 10.6 Å². The fraction of sp³-hybridized carbons (Fsp3) is 0.478. The van der Waals surface area contributed by atoms with Crippen LogP contribution in [-0.2, 0) is 11.3 Å². The molecule has 1 aromatic heterocycles. The molecule has 0 atom stereocenters. The topological polar surface area (TPSA) is 93.1 Å². The number of benzene rings is 1. The molecule has 0 spiro atoms. The first kappa shape index (κ1) is 21.7. The van der Waals surface area contributed by atoms with Gasteiger partial charge in [0.1, 0.15) is 5.69 Å². The molecule has 2 aromatic rings. The summed E-state index contributed by atoms with van der Waals surface area (Å²) in [5.74, 6) is -0.477. The van der Waals surface area contributed by atoms with Gasteiger partial charge in [0.05, 0.1) is 6.54 Å². The third-order valence-electron chi connectivity index (χ3n) is 5.43. The van der Waals surface area contributed by atoms with Gasteiger partial charge in [-0.05, 0) is 38.0 Å². The average molecular weight is 411 g/mol. The van der Waals surface area contributed by atoms with Crippen LogP contribution in [0.15, 0.2) is 41.2 Å². The zero-order chi connectivity index (χ0) is 21.3. The van der Waals surface area contributed by atoms with Crippen molar-refractivity contribution in [1.29, 1.82) is 0 Å². The van der Waals surface area contributed by atoms with E-state index in [0.717, 1.165) is 31.2 Å². The van der Waals surface area contributed by atoms with Gasteiger partial charge in [0, 0.05) is 24.2 Å². The second-order valence-electron chi connectivity index (χ2n) is 7.96. The highest BCUT2D eigenvalue weighted by atomic mass is 16.2. The lowest BCUT2D eigenvalue weighted by molar-refractivity contribution is -0.122. The molecule has 1 aliphatic rings. The van der Waals surface area contributed by atoms with Gasteiger partial charge >= 0.3 is 0 Å². The summed E-state index contributed by atoms with van der Waals surface area (Å²) in [6.45, 7) is 2.11. The van der Waals surface area contributed by atoms with Gasteiger partial charge in [-0.2, -0.15) is 5.10 Å². The molecule has 0 saturated heterocycles. The minimum absolute atomic E-state index is 0.0798. The Hall–Kier alpha value is -2.96. The van der Waals surface area contributed by atoms with Gasteiger partial charge in [-0.1, -0.05) is 49.8 Å². The molecule has 2 amide bonds. The number of hydrogen-bond acceptors (Lipinski definition) is 4. The van der Waals surface area contributed by atoms with Crippen LogP contribution < -0.4 is 16.2 Å². The van der Waals surface area contributed by atoms with Crippen molar-refractivity contribution in [3.05, 3.63) is 58.0 Å². The number of carbonyl (C=O) groups excluding carboxylic acids is 2. The zero-order valence-electron chi connectivity index (χ0n) is 17.5. The zero-order valence-corrected chi connectivity index (χ0v) is 17.5. The molecule has 0 aliphatic heterocycles. The summed E-state index contributed by atoms with van der Waals surface area (Å²) in [4.78, 5) is 36.9. The summed E-state index contributed by atoms with van der Waals surface area (Å²) in [6, 6.07) is 10.3. The van der Waals surface area contributed by atoms with Gasteiger partial charge in [-0.15, -0.1) is 0 Å². The van der Waals surface area contributed by atoms with E-state index in [2.05, 4.69) is 15.7 Å². The second kappa shape index (κ2) is 10.7. The van der Waals surface area contributed by atoms with E-state index in [1.807, 2.05) is 31.2 Å². The maximum absolute atomic E-state index is 12.5. The molecule has 1 heterocycles. The van der Waals surface area contributed by atoms with E-state index >= 15 is 0 Å². The Labute approximate surface area is 176 Å². The Balaban J connectivity index is 1.56. The van der Waals surface area contributed by atoms with E-state index in [4.69, 9.17) is 0 Å². The number of aryl methyl sites for hydroxylation is 2. The van der Waals surface area contributed by atoms with E-state index < -0.39 is 5.91 Å². The van der Waals surface area contributed by atoms with Crippen LogP contribution in [-0.4, -0.2) is 27.6 Å². The van der Waals surface area contributed by atoms with Crippen molar-refractivity contribution in [3.8, 4) is 0 Å². The van der Waals surface area contributed by atoms with Crippen molar-refractivity contribution in [2.45, 2.75) is 70.9 Å². The van der Waals surface area contributed by atoms with Crippen LogP contribution in [0.25, 0.3) is 0 Å². The molecule has 0 unspecified atom stereocenters. The number of nitrogens with zero attached hydrogens (tertiary/aromatic N) is 2. The van der Waals surface area contributed by atoms with E-state index in [0.29, 0.717) is 5.69 Å². The normalized spacial score (nSPS) is 15.1. The first-order chi connectivity index (χ1) is 14.5. The predicted molar refractivity (Wildman–Crippen MR) is 116 cm³/mol. The van der Waals surface area contributed by atoms with Crippen LogP contribution in [0.5, 0.6) is 0 Å². The van der Waals surface area contributed by atoms with Gasteiger partial charge in [-0.3, -0.25) is 14.4 Å². The van der Waals surface area contributed by atoms with Crippen LogP contribution in [0, 0.1) is 6.92 Å². The molecular formula is C23H30N4O3. The molecule has 0 radical (unpaired) electrons. The van der Waals surface area contributed by atoms with Crippen molar-refractivity contribution in [1.82, 2.24) is 15.1 Å². The largest absolute Gasteiger partial charge is 0.353 e. The van der Waals surface area contributed by atoms with Crippen LogP contribution in [0.3, 0.4) is 0 Å². The SMILES string of the molecule is Cc1ccc(NC(=O)c2ccc(=O)n(CCC(=O)NC3CCCCCCC3)n2)cc1. The van der Waals surface area contributed by atoms with Crippen LogP contribution in [0.2, 0.25) is 0 Å². The maximum Gasteiger partial charge on any atom is 0.276 e. The van der Waals surface area contributed by atoms with Gasteiger partial charge in [0.15, 0.2) is 0 Å². The Morgan fingerprint density at radius 1 is 1.00 bits per heavy atom. The molecule has 1 fully saturated rings. The lowest BCUT2D eigenvalue weighted by Gasteiger charge is -2.21. The van der Waals surface area contributed by atoms with E-state index in [1.165, 1.54) is 36.1 Å². The summed E-state index contributed by atoms with van der Waals surface area (Å²) in [5.41, 5.74) is 1.55. The van der Waals surface area contributed by atoms with Crippen LogP contribution in [0.1, 0.15) is 67.4 Å². The van der Waals surface area contributed by atoms with Gasteiger partial charge in [0.2, 0.25) is 5.91 Å². The average Bonchev–Trinajstić information content (AvgIpc) is 2.71. The number of amides is 2. The Kier molecular flexibility index (Phi) is 7.76. The highest BCUT2D eigenvalue weighted by molar-refractivity contribution is 6.02. The number of anilines is 1. The maximum atomic E-state index is 12.5. The van der Waals surface area contributed by atoms with Gasteiger partial charge in [0.25, 0.3) is 11.5 Å². The molecule has 1 aliphatic carbocycles. The molecule has 30 heavy (non-hydrogen) atoms. The quantitative estimate of drug-likeness (QED) is 0.763. The molecule has 7 heteroatoms. The Bertz CT molecular complexity index is 913. The molecule has 3 rings (SSSR count). The Morgan fingerprint density at radius 3 is 2.37 bits per heavy atom. The number of rotatable bonds is 6. The third kappa shape index (κ3) is 6.54. The Morgan fingerprint density at radius 2 is 1.67 bits per heavy atom. The lowest BCUT2D eigenvalue weighted by atomic mass is 9.96. The first-order valence-electron chi connectivity index (χ1n) is 10.8. The summed E-state index contributed by atoms with van der Waals surface area (Å²) < 4.78 is 1.18. The molecule has 2 N–H and O–H groups in total. The molecular weight excluding hydrogens is 380 g/mol. The molecule has 1 aromatic carbocycles. The monoisotopic (exact) mass is 410 g/mol.